The first-order chi connectivity index (χ1) is 9.08. The highest BCUT2D eigenvalue weighted by Gasteiger charge is 2.19. The van der Waals surface area contributed by atoms with Crippen LogP contribution in [0.2, 0.25) is 0 Å². The number of aromatic nitrogens is 1. The topological polar surface area (TPSA) is 56.7 Å². The molecule has 0 radical (unpaired) electrons. The number of aliphatic hydroxyl groups excluding tert-OH is 1. The Labute approximate surface area is 113 Å². The van der Waals surface area contributed by atoms with Gasteiger partial charge in [-0.1, -0.05) is 0 Å². The van der Waals surface area contributed by atoms with Crippen LogP contribution in [0.1, 0.15) is 31.6 Å². The lowest BCUT2D eigenvalue weighted by Gasteiger charge is -2.22. The van der Waals surface area contributed by atoms with Crippen molar-refractivity contribution in [3.8, 4) is 0 Å². The fourth-order valence-electron chi connectivity index (χ4n) is 2.23. The van der Waals surface area contributed by atoms with Crippen molar-refractivity contribution in [3.63, 3.8) is 0 Å². The first-order valence-corrected chi connectivity index (χ1v) is 6.71. The summed E-state index contributed by atoms with van der Waals surface area (Å²) in [5.74, 6) is 0.166. The molecular formula is C14H21N3O2. The van der Waals surface area contributed by atoms with Gasteiger partial charge in [0.15, 0.2) is 0 Å². The molecule has 1 aliphatic rings. The van der Waals surface area contributed by atoms with E-state index in [1.54, 1.807) is 19.2 Å². The molecule has 1 aromatic rings. The van der Waals surface area contributed by atoms with Gasteiger partial charge in [0, 0.05) is 20.1 Å². The highest BCUT2D eigenvalue weighted by Crippen LogP contribution is 2.16. The molecule has 0 unspecified atom stereocenters. The summed E-state index contributed by atoms with van der Waals surface area (Å²) in [6.45, 7) is 3.82. The Morgan fingerprint density at radius 1 is 1.47 bits per heavy atom. The molecule has 5 heteroatoms. The molecule has 1 aliphatic heterocycles. The number of pyridine rings is 1. The average Bonchev–Trinajstić information content (AvgIpc) is 2.92. The van der Waals surface area contributed by atoms with Crippen LogP contribution in [-0.2, 0) is 4.79 Å². The molecule has 104 valence electrons. The molecule has 5 nitrogen and oxygen atoms in total. The number of carbonyl (C=O) groups is 1. The van der Waals surface area contributed by atoms with Gasteiger partial charge in [-0.05, 0) is 31.9 Å². The van der Waals surface area contributed by atoms with Crippen molar-refractivity contribution in [2.45, 2.75) is 25.9 Å². The van der Waals surface area contributed by atoms with E-state index in [1.807, 2.05) is 22.9 Å². The van der Waals surface area contributed by atoms with E-state index in [4.69, 9.17) is 0 Å². The second-order valence-electron chi connectivity index (χ2n) is 5.06. The summed E-state index contributed by atoms with van der Waals surface area (Å²) in [6.07, 6.45) is 3.35. The fourth-order valence-corrected chi connectivity index (χ4v) is 2.23. The Bertz CT molecular complexity index is 425. The largest absolute Gasteiger partial charge is 0.387 e. The standard InChI is InChI=1S/C14H21N3O2/c1-11(18)13-6-5-12(9-15-13)16(2)10-14(19)17-7-3-4-8-17/h5-6,9,11,18H,3-4,7-8,10H2,1-2H3/t11-/m1/s1. The van der Waals surface area contributed by atoms with Gasteiger partial charge in [-0.2, -0.15) is 0 Å². The van der Waals surface area contributed by atoms with E-state index in [0.717, 1.165) is 31.6 Å². The van der Waals surface area contributed by atoms with E-state index in [1.165, 1.54) is 0 Å². The van der Waals surface area contributed by atoms with Crippen LogP contribution in [0.25, 0.3) is 0 Å². The van der Waals surface area contributed by atoms with Crippen LogP contribution in [0, 0.1) is 0 Å². The molecule has 1 amide bonds. The van der Waals surface area contributed by atoms with Crippen molar-refractivity contribution in [3.05, 3.63) is 24.0 Å². The summed E-state index contributed by atoms with van der Waals surface area (Å²) in [5.41, 5.74) is 1.53. The maximum Gasteiger partial charge on any atom is 0.242 e. The molecule has 19 heavy (non-hydrogen) atoms. The Kier molecular flexibility index (Phi) is 4.37. The number of likely N-dealkylation sites (tertiary alicyclic amines) is 1. The van der Waals surface area contributed by atoms with Gasteiger partial charge in [-0.25, -0.2) is 0 Å². The van der Waals surface area contributed by atoms with Gasteiger partial charge < -0.3 is 14.9 Å². The van der Waals surface area contributed by atoms with Gasteiger partial charge in [0.05, 0.1) is 30.2 Å². The number of likely N-dealkylation sites (N-methyl/N-ethyl adjacent to an activating group) is 1. The van der Waals surface area contributed by atoms with Crippen molar-refractivity contribution in [2.24, 2.45) is 0 Å². The lowest BCUT2D eigenvalue weighted by atomic mass is 10.2. The van der Waals surface area contributed by atoms with E-state index in [2.05, 4.69) is 4.98 Å². The van der Waals surface area contributed by atoms with Crippen molar-refractivity contribution in [1.82, 2.24) is 9.88 Å². The molecule has 0 saturated carbocycles. The van der Waals surface area contributed by atoms with Gasteiger partial charge in [0.1, 0.15) is 0 Å². The van der Waals surface area contributed by atoms with Gasteiger partial charge >= 0.3 is 0 Å². The maximum atomic E-state index is 12.0. The molecule has 1 fully saturated rings. The monoisotopic (exact) mass is 263 g/mol. The maximum absolute atomic E-state index is 12.0. The smallest absolute Gasteiger partial charge is 0.242 e. The zero-order valence-corrected chi connectivity index (χ0v) is 11.5. The third-order valence-electron chi connectivity index (χ3n) is 3.47. The van der Waals surface area contributed by atoms with Gasteiger partial charge in [0.2, 0.25) is 5.91 Å². The van der Waals surface area contributed by atoms with Gasteiger partial charge in [-0.3, -0.25) is 9.78 Å². The normalized spacial score (nSPS) is 16.5. The number of hydrogen-bond donors (Lipinski definition) is 1. The molecule has 0 aliphatic carbocycles. The molecule has 1 atom stereocenters. The molecule has 1 aromatic heterocycles. The van der Waals surface area contributed by atoms with Crippen molar-refractivity contribution >= 4 is 11.6 Å². The van der Waals surface area contributed by atoms with Crippen LogP contribution in [0.4, 0.5) is 5.69 Å². The quantitative estimate of drug-likeness (QED) is 0.886. The lowest BCUT2D eigenvalue weighted by molar-refractivity contribution is -0.128. The van der Waals surface area contributed by atoms with Crippen molar-refractivity contribution in [1.29, 1.82) is 0 Å². The van der Waals surface area contributed by atoms with E-state index >= 15 is 0 Å². The summed E-state index contributed by atoms with van der Waals surface area (Å²) in [6, 6.07) is 3.67. The number of anilines is 1. The summed E-state index contributed by atoms with van der Waals surface area (Å²) in [5, 5.41) is 9.41. The van der Waals surface area contributed by atoms with Crippen LogP contribution in [0.5, 0.6) is 0 Å². The summed E-state index contributed by atoms with van der Waals surface area (Å²) < 4.78 is 0. The highest BCUT2D eigenvalue weighted by atomic mass is 16.3. The predicted octanol–water partition coefficient (Wildman–Crippen LogP) is 1.19. The number of nitrogens with zero attached hydrogens (tertiary/aromatic N) is 3. The van der Waals surface area contributed by atoms with E-state index in [9.17, 15) is 9.90 Å². The first-order valence-electron chi connectivity index (χ1n) is 6.71. The van der Waals surface area contributed by atoms with E-state index in [0.29, 0.717) is 12.2 Å². The number of amides is 1. The van der Waals surface area contributed by atoms with Gasteiger partial charge in [-0.15, -0.1) is 0 Å². The van der Waals surface area contributed by atoms with E-state index < -0.39 is 6.10 Å². The Morgan fingerprint density at radius 3 is 2.68 bits per heavy atom. The molecule has 0 spiro atoms. The second kappa shape index (κ2) is 6.02. The highest BCUT2D eigenvalue weighted by molar-refractivity contribution is 5.81. The molecule has 0 aromatic carbocycles. The first kappa shape index (κ1) is 13.8. The Balaban J connectivity index is 1.95. The molecule has 1 N–H and O–H groups in total. The third-order valence-corrected chi connectivity index (χ3v) is 3.47. The second-order valence-corrected chi connectivity index (χ2v) is 5.06. The Morgan fingerprint density at radius 2 is 2.16 bits per heavy atom. The number of hydrogen-bond acceptors (Lipinski definition) is 4. The minimum atomic E-state index is -0.564. The lowest BCUT2D eigenvalue weighted by Crippen LogP contribution is -2.37. The average molecular weight is 263 g/mol. The Hall–Kier alpha value is -1.62. The molecule has 1 saturated heterocycles. The molecule has 2 rings (SSSR count). The third kappa shape index (κ3) is 3.44. The SMILES string of the molecule is C[C@@H](O)c1ccc(N(C)CC(=O)N2CCCC2)cn1. The van der Waals surface area contributed by atoms with Crippen LogP contribution < -0.4 is 4.90 Å². The predicted molar refractivity (Wildman–Crippen MR) is 74.0 cm³/mol. The van der Waals surface area contributed by atoms with E-state index in [-0.39, 0.29) is 5.91 Å². The van der Waals surface area contributed by atoms with Crippen molar-refractivity contribution < 1.29 is 9.90 Å². The fraction of sp³-hybridized carbons (Fsp3) is 0.571. The minimum Gasteiger partial charge on any atom is -0.387 e. The molecular weight excluding hydrogens is 242 g/mol. The summed E-state index contributed by atoms with van der Waals surface area (Å²) >= 11 is 0. The van der Waals surface area contributed by atoms with Crippen LogP contribution in [0.15, 0.2) is 18.3 Å². The number of rotatable bonds is 4. The zero-order chi connectivity index (χ0) is 13.8. The number of carbonyl (C=O) groups excluding carboxylic acids is 1. The van der Waals surface area contributed by atoms with Crippen LogP contribution in [-0.4, -0.2) is 47.6 Å². The summed E-state index contributed by atoms with van der Waals surface area (Å²) in [4.78, 5) is 20.0. The van der Waals surface area contributed by atoms with Crippen LogP contribution in [0.3, 0.4) is 0 Å². The molecule has 0 bridgehead atoms. The minimum absolute atomic E-state index is 0.166. The van der Waals surface area contributed by atoms with Crippen LogP contribution >= 0.6 is 0 Å². The van der Waals surface area contributed by atoms with Crippen molar-refractivity contribution in [2.75, 3.05) is 31.6 Å². The number of aliphatic hydroxyl groups is 1. The summed E-state index contributed by atoms with van der Waals surface area (Å²) in [7, 11) is 1.88. The van der Waals surface area contributed by atoms with Gasteiger partial charge in [0.25, 0.3) is 0 Å². The zero-order valence-electron chi connectivity index (χ0n) is 11.5. The molecule has 2 heterocycles.